The smallest absolute Gasteiger partial charge is 0.193 e. The number of hydrogen-bond acceptors (Lipinski definition) is 3. The van der Waals surface area contributed by atoms with Crippen molar-refractivity contribution in [1.82, 2.24) is 0 Å². The predicted molar refractivity (Wildman–Crippen MR) is 32.7 cm³/mol. The summed E-state index contributed by atoms with van der Waals surface area (Å²) in [5.41, 5.74) is 5.25. The van der Waals surface area contributed by atoms with Crippen molar-refractivity contribution >= 4 is 6.29 Å². The fourth-order valence-electron chi connectivity index (χ4n) is 0.775. The van der Waals surface area contributed by atoms with Crippen molar-refractivity contribution in [2.24, 2.45) is 5.73 Å². The molecule has 1 atom stereocenters. The van der Waals surface area contributed by atoms with Gasteiger partial charge in [0.05, 0.1) is 6.61 Å². The molecule has 3 nitrogen and oxygen atoms in total. The van der Waals surface area contributed by atoms with Crippen molar-refractivity contribution < 1.29 is 9.53 Å². The summed E-state index contributed by atoms with van der Waals surface area (Å²) in [6.45, 7) is 2.34. The van der Waals surface area contributed by atoms with Crippen LogP contribution in [0.2, 0.25) is 0 Å². The molecule has 1 aliphatic rings. The molecule has 0 aliphatic carbocycles. The molecular weight excluding hydrogens is 118 g/mol. The Labute approximate surface area is 53.5 Å². The molecule has 50 valence electrons. The Morgan fingerprint density at radius 2 is 2.67 bits per heavy atom. The minimum atomic E-state index is -1.13. The topological polar surface area (TPSA) is 52.3 Å². The second-order valence-electron chi connectivity index (χ2n) is 2.25. The van der Waals surface area contributed by atoms with E-state index in [1.54, 1.807) is 6.08 Å². The highest BCUT2D eigenvalue weighted by molar-refractivity contribution is 5.66. The van der Waals surface area contributed by atoms with Gasteiger partial charge in [0, 0.05) is 0 Å². The van der Waals surface area contributed by atoms with Gasteiger partial charge < -0.3 is 4.74 Å². The molecule has 0 saturated heterocycles. The minimum absolute atomic E-state index is 0.468. The van der Waals surface area contributed by atoms with Gasteiger partial charge in [0.2, 0.25) is 0 Å². The highest BCUT2D eigenvalue weighted by Gasteiger charge is 2.26. The third kappa shape index (κ3) is 1.17. The average molecular weight is 127 g/mol. The van der Waals surface area contributed by atoms with Crippen LogP contribution in [0.15, 0.2) is 11.6 Å². The van der Waals surface area contributed by atoms with Gasteiger partial charge in [-0.15, -0.1) is 0 Å². The van der Waals surface area contributed by atoms with Crippen molar-refractivity contribution in [2.45, 2.75) is 12.6 Å². The number of carbonyl (C=O) groups is 1. The van der Waals surface area contributed by atoms with Gasteiger partial charge in [0.1, 0.15) is 0 Å². The summed E-state index contributed by atoms with van der Waals surface area (Å²) < 4.78 is 4.92. The number of ether oxygens (including phenoxy) is 1. The lowest BCUT2D eigenvalue weighted by Gasteiger charge is -2.11. The van der Waals surface area contributed by atoms with Crippen molar-refractivity contribution in [3.05, 3.63) is 11.6 Å². The van der Waals surface area contributed by atoms with Crippen LogP contribution < -0.4 is 5.73 Å². The van der Waals surface area contributed by atoms with Crippen molar-refractivity contribution in [1.29, 1.82) is 0 Å². The van der Waals surface area contributed by atoms with Crippen LogP contribution in [-0.2, 0) is 9.53 Å². The van der Waals surface area contributed by atoms with Crippen LogP contribution in [0.4, 0.5) is 0 Å². The molecule has 1 unspecified atom stereocenters. The molecule has 0 fully saturated rings. The SMILES string of the molecule is CC1=CC(N)(C=O)OC1. The Hall–Kier alpha value is -0.670. The van der Waals surface area contributed by atoms with Crippen LogP contribution in [0.3, 0.4) is 0 Å². The summed E-state index contributed by atoms with van der Waals surface area (Å²) in [6, 6.07) is 0. The van der Waals surface area contributed by atoms with Crippen LogP contribution in [0.1, 0.15) is 6.92 Å². The zero-order chi connectivity index (χ0) is 6.91. The number of nitrogens with two attached hydrogens (primary N) is 1. The van der Waals surface area contributed by atoms with E-state index in [0.717, 1.165) is 5.57 Å². The Morgan fingerprint density at radius 3 is 2.89 bits per heavy atom. The van der Waals surface area contributed by atoms with E-state index in [9.17, 15) is 4.79 Å². The molecule has 0 spiro atoms. The van der Waals surface area contributed by atoms with Crippen molar-refractivity contribution in [2.75, 3.05) is 6.61 Å². The quantitative estimate of drug-likeness (QED) is 0.392. The monoisotopic (exact) mass is 127 g/mol. The molecular formula is C6H9NO2. The van der Waals surface area contributed by atoms with E-state index < -0.39 is 5.72 Å². The van der Waals surface area contributed by atoms with E-state index in [4.69, 9.17) is 10.5 Å². The van der Waals surface area contributed by atoms with Crippen molar-refractivity contribution in [3.63, 3.8) is 0 Å². The van der Waals surface area contributed by atoms with Gasteiger partial charge in [-0.25, -0.2) is 0 Å². The molecule has 1 heterocycles. The highest BCUT2D eigenvalue weighted by atomic mass is 16.5. The molecule has 0 saturated carbocycles. The molecule has 1 aliphatic heterocycles. The first-order chi connectivity index (χ1) is 4.16. The maximum Gasteiger partial charge on any atom is 0.193 e. The van der Waals surface area contributed by atoms with Gasteiger partial charge in [-0.05, 0) is 18.6 Å². The summed E-state index contributed by atoms with van der Waals surface area (Å²) in [5.74, 6) is 0. The fraction of sp³-hybridized carbons (Fsp3) is 0.500. The molecule has 0 aromatic rings. The molecule has 0 amide bonds. The van der Waals surface area contributed by atoms with E-state index >= 15 is 0 Å². The zero-order valence-electron chi connectivity index (χ0n) is 5.26. The second-order valence-corrected chi connectivity index (χ2v) is 2.25. The molecule has 1 rings (SSSR count). The molecule has 9 heavy (non-hydrogen) atoms. The maximum absolute atomic E-state index is 10.2. The van der Waals surface area contributed by atoms with Gasteiger partial charge in [-0.3, -0.25) is 10.5 Å². The maximum atomic E-state index is 10.2. The summed E-state index contributed by atoms with van der Waals surface area (Å²) >= 11 is 0. The van der Waals surface area contributed by atoms with Gasteiger partial charge in [0.15, 0.2) is 12.0 Å². The van der Waals surface area contributed by atoms with E-state index in [-0.39, 0.29) is 0 Å². The van der Waals surface area contributed by atoms with E-state index in [1.807, 2.05) is 6.92 Å². The van der Waals surface area contributed by atoms with Crippen LogP contribution in [0, 0.1) is 0 Å². The first kappa shape index (κ1) is 6.45. The molecule has 0 radical (unpaired) electrons. The van der Waals surface area contributed by atoms with Gasteiger partial charge in [0.25, 0.3) is 0 Å². The summed E-state index contributed by atoms with van der Waals surface area (Å²) in [7, 11) is 0. The summed E-state index contributed by atoms with van der Waals surface area (Å²) in [5, 5.41) is 0. The standard InChI is InChI=1S/C6H9NO2/c1-5-2-6(7,4-8)9-3-5/h2,4H,3,7H2,1H3. The molecule has 0 aromatic heterocycles. The van der Waals surface area contributed by atoms with E-state index in [1.165, 1.54) is 0 Å². The Morgan fingerprint density at radius 1 is 2.00 bits per heavy atom. The number of rotatable bonds is 1. The van der Waals surface area contributed by atoms with Gasteiger partial charge in [-0.1, -0.05) is 0 Å². The largest absolute Gasteiger partial charge is 0.346 e. The number of aldehydes is 1. The molecule has 0 bridgehead atoms. The molecule has 0 aromatic carbocycles. The van der Waals surface area contributed by atoms with Gasteiger partial charge in [-0.2, -0.15) is 0 Å². The zero-order valence-corrected chi connectivity index (χ0v) is 5.26. The first-order valence-electron chi connectivity index (χ1n) is 2.74. The summed E-state index contributed by atoms with van der Waals surface area (Å²) in [4.78, 5) is 10.2. The van der Waals surface area contributed by atoms with Crippen molar-refractivity contribution in [3.8, 4) is 0 Å². The van der Waals surface area contributed by atoms with Crippen LogP contribution in [0.25, 0.3) is 0 Å². The minimum Gasteiger partial charge on any atom is -0.346 e. The first-order valence-corrected chi connectivity index (χ1v) is 2.74. The van der Waals surface area contributed by atoms with E-state index in [2.05, 4.69) is 0 Å². The van der Waals surface area contributed by atoms with Crippen LogP contribution in [-0.4, -0.2) is 18.6 Å². The highest BCUT2D eigenvalue weighted by Crippen LogP contribution is 2.14. The predicted octanol–water partition coefficient (Wildman–Crippen LogP) is -0.183. The number of hydrogen-bond donors (Lipinski definition) is 1. The van der Waals surface area contributed by atoms with Crippen LogP contribution >= 0.6 is 0 Å². The second kappa shape index (κ2) is 1.93. The average Bonchev–Trinajstić information content (AvgIpc) is 2.13. The lowest BCUT2D eigenvalue weighted by molar-refractivity contribution is -0.122. The lowest BCUT2D eigenvalue weighted by Crippen LogP contribution is -2.39. The Bertz CT molecular complexity index is 164. The normalized spacial score (nSPS) is 34.2. The molecule has 2 N–H and O–H groups in total. The number of carbonyl (C=O) groups excluding carboxylic acids is 1. The van der Waals surface area contributed by atoms with Gasteiger partial charge >= 0.3 is 0 Å². The Balaban J connectivity index is 2.75. The summed E-state index contributed by atoms with van der Waals surface area (Å²) in [6.07, 6.45) is 2.23. The van der Waals surface area contributed by atoms with E-state index in [0.29, 0.717) is 12.9 Å². The Kier molecular flexibility index (Phi) is 1.38. The fourth-order valence-corrected chi connectivity index (χ4v) is 0.775. The van der Waals surface area contributed by atoms with Crippen LogP contribution in [0.5, 0.6) is 0 Å². The lowest BCUT2D eigenvalue weighted by atomic mass is 10.2. The third-order valence-electron chi connectivity index (χ3n) is 1.21. The third-order valence-corrected chi connectivity index (χ3v) is 1.21. The molecule has 3 heteroatoms.